The molecule has 284 valence electrons. The highest BCUT2D eigenvalue weighted by molar-refractivity contribution is 5.87. The van der Waals surface area contributed by atoms with Gasteiger partial charge in [0, 0.05) is 13.1 Å². The van der Waals surface area contributed by atoms with Gasteiger partial charge in [0.15, 0.2) is 6.10 Å². The van der Waals surface area contributed by atoms with Gasteiger partial charge in [0.25, 0.3) is 11.8 Å². The first-order valence-corrected chi connectivity index (χ1v) is 18.9. The number of H-pyrrole nitrogens is 2. The normalized spacial score (nSPS) is 17.8. The maximum absolute atomic E-state index is 13.9. The van der Waals surface area contributed by atoms with Crippen molar-refractivity contribution >= 4 is 17.9 Å². The molecule has 4 atom stereocenters. The van der Waals surface area contributed by atoms with E-state index in [9.17, 15) is 19.5 Å². The molecule has 0 radical (unpaired) electrons. The molecule has 0 bridgehead atoms. The SMILES string of the molecule is COC(=O)N[C@@H](C(=O)N1CCC[C@H]1c1ncc(-c2ccc(-c3ccc(-c4cnc([C@@H]5CCCN5C(=O)[C@H](O)c5ccccc5)[nH]4)cc3)cc2)[nH]1)c1ccccc1. The zero-order chi connectivity index (χ0) is 38.6. The first-order valence-electron chi connectivity index (χ1n) is 18.9. The van der Waals surface area contributed by atoms with Crippen LogP contribution in [0.3, 0.4) is 0 Å². The molecule has 12 heteroatoms. The molecule has 2 fully saturated rings. The van der Waals surface area contributed by atoms with Gasteiger partial charge in [-0.05, 0) is 59.1 Å². The minimum atomic E-state index is -1.21. The summed E-state index contributed by atoms with van der Waals surface area (Å²) in [5.74, 6) is 0.898. The lowest BCUT2D eigenvalue weighted by molar-refractivity contribution is -0.141. The van der Waals surface area contributed by atoms with Crippen LogP contribution < -0.4 is 5.32 Å². The summed E-state index contributed by atoms with van der Waals surface area (Å²) in [4.78, 5) is 59.1. The molecular formula is C44H43N7O5. The number of ether oxygens (including phenoxy) is 1. The molecule has 2 saturated heterocycles. The third-order valence-electron chi connectivity index (χ3n) is 10.8. The molecule has 0 unspecified atom stereocenters. The Hall–Kier alpha value is -6.53. The molecule has 12 nitrogen and oxygen atoms in total. The van der Waals surface area contributed by atoms with Crippen molar-refractivity contribution in [2.75, 3.05) is 20.2 Å². The molecule has 0 saturated carbocycles. The summed E-state index contributed by atoms with van der Waals surface area (Å²) < 4.78 is 4.82. The molecule has 4 aromatic carbocycles. The maximum Gasteiger partial charge on any atom is 0.407 e. The number of aromatic amines is 2. The summed E-state index contributed by atoms with van der Waals surface area (Å²) in [5, 5.41) is 13.5. The molecule has 4 N–H and O–H groups in total. The number of amides is 3. The van der Waals surface area contributed by atoms with Crippen molar-refractivity contribution < 1.29 is 24.2 Å². The van der Waals surface area contributed by atoms with Crippen LogP contribution in [0, 0.1) is 0 Å². The number of methoxy groups -OCH3 is 1. The van der Waals surface area contributed by atoms with Crippen molar-refractivity contribution in [3.05, 3.63) is 144 Å². The van der Waals surface area contributed by atoms with Gasteiger partial charge in [0.1, 0.15) is 17.7 Å². The van der Waals surface area contributed by atoms with E-state index in [4.69, 9.17) is 9.72 Å². The van der Waals surface area contributed by atoms with Gasteiger partial charge in [-0.2, -0.15) is 0 Å². The summed E-state index contributed by atoms with van der Waals surface area (Å²) in [7, 11) is 1.28. The zero-order valence-corrected chi connectivity index (χ0v) is 31.0. The highest BCUT2D eigenvalue weighted by atomic mass is 16.5. The van der Waals surface area contributed by atoms with Crippen molar-refractivity contribution in [3.8, 4) is 33.6 Å². The third kappa shape index (κ3) is 7.43. The Labute approximate surface area is 324 Å². The summed E-state index contributed by atoms with van der Waals surface area (Å²) in [5.41, 5.74) is 7.03. The molecule has 3 amide bonds. The van der Waals surface area contributed by atoms with E-state index in [1.54, 1.807) is 34.3 Å². The first-order chi connectivity index (χ1) is 27.4. The number of aromatic nitrogens is 4. The monoisotopic (exact) mass is 749 g/mol. The van der Waals surface area contributed by atoms with E-state index in [-0.39, 0.29) is 23.9 Å². The van der Waals surface area contributed by atoms with E-state index in [1.165, 1.54) is 7.11 Å². The second-order valence-electron chi connectivity index (χ2n) is 14.2. The minimum Gasteiger partial charge on any atom is -0.453 e. The number of carbonyl (C=O) groups excluding carboxylic acids is 3. The average molecular weight is 750 g/mol. The Morgan fingerprint density at radius 2 is 1.11 bits per heavy atom. The van der Waals surface area contributed by atoms with Gasteiger partial charge in [-0.25, -0.2) is 14.8 Å². The van der Waals surface area contributed by atoms with E-state index >= 15 is 0 Å². The number of aliphatic hydroxyl groups excluding tert-OH is 1. The highest BCUT2D eigenvalue weighted by Crippen LogP contribution is 2.36. The minimum absolute atomic E-state index is 0.211. The van der Waals surface area contributed by atoms with Crippen LogP contribution >= 0.6 is 0 Å². The van der Waals surface area contributed by atoms with Gasteiger partial charge in [-0.1, -0.05) is 109 Å². The Morgan fingerprint density at radius 1 is 0.661 bits per heavy atom. The number of hydrogen-bond donors (Lipinski definition) is 4. The number of hydrogen-bond acceptors (Lipinski definition) is 7. The Bertz CT molecular complexity index is 2290. The smallest absolute Gasteiger partial charge is 0.407 e. The molecule has 0 spiro atoms. The van der Waals surface area contributed by atoms with Crippen molar-refractivity contribution in [1.29, 1.82) is 0 Å². The van der Waals surface area contributed by atoms with Crippen molar-refractivity contribution in [1.82, 2.24) is 35.1 Å². The van der Waals surface area contributed by atoms with E-state index in [0.29, 0.717) is 35.9 Å². The number of alkyl carbamates (subject to hydrolysis) is 1. The van der Waals surface area contributed by atoms with Crippen LogP contribution in [0.15, 0.2) is 122 Å². The van der Waals surface area contributed by atoms with Gasteiger partial charge in [0.05, 0.1) is 43.0 Å². The molecular weight excluding hydrogens is 707 g/mol. The van der Waals surface area contributed by atoms with E-state index in [0.717, 1.165) is 59.3 Å². The Kier molecular flexibility index (Phi) is 10.5. The van der Waals surface area contributed by atoms with Gasteiger partial charge in [-0.3, -0.25) is 9.59 Å². The highest BCUT2D eigenvalue weighted by Gasteiger charge is 2.38. The summed E-state index contributed by atoms with van der Waals surface area (Å²) >= 11 is 0. The lowest BCUT2D eigenvalue weighted by atomic mass is 10.0. The number of rotatable bonds is 10. The fraction of sp³-hybridized carbons (Fsp3) is 0.250. The van der Waals surface area contributed by atoms with Crippen LogP contribution in [0.25, 0.3) is 33.6 Å². The van der Waals surface area contributed by atoms with E-state index in [2.05, 4.69) is 56.7 Å². The van der Waals surface area contributed by atoms with Crippen LogP contribution in [0.2, 0.25) is 0 Å². The predicted molar refractivity (Wildman–Crippen MR) is 211 cm³/mol. The number of aliphatic hydroxyl groups is 1. The fourth-order valence-corrected chi connectivity index (χ4v) is 7.83. The zero-order valence-electron chi connectivity index (χ0n) is 31.0. The quantitative estimate of drug-likeness (QED) is 0.115. The van der Waals surface area contributed by atoms with Gasteiger partial charge < -0.3 is 34.9 Å². The average Bonchev–Trinajstić information content (AvgIpc) is 4.10. The van der Waals surface area contributed by atoms with Crippen LogP contribution in [0.4, 0.5) is 4.79 Å². The number of imidazole rings is 2. The second kappa shape index (κ2) is 16.1. The lowest BCUT2D eigenvalue weighted by Crippen LogP contribution is -2.42. The molecule has 0 aliphatic carbocycles. The van der Waals surface area contributed by atoms with Crippen molar-refractivity contribution in [3.63, 3.8) is 0 Å². The molecule has 2 aliphatic heterocycles. The number of likely N-dealkylation sites (tertiary alicyclic amines) is 2. The fourth-order valence-electron chi connectivity index (χ4n) is 7.83. The molecule has 4 heterocycles. The van der Waals surface area contributed by atoms with Crippen LogP contribution in [-0.4, -0.2) is 72.9 Å². The summed E-state index contributed by atoms with van der Waals surface area (Å²) in [6.07, 6.45) is 4.92. The van der Waals surface area contributed by atoms with Crippen LogP contribution in [0.1, 0.15) is 72.7 Å². The van der Waals surface area contributed by atoms with Gasteiger partial charge in [-0.15, -0.1) is 0 Å². The summed E-state index contributed by atoms with van der Waals surface area (Å²) in [6, 6.07) is 33.3. The standard InChI is InChI=1S/C44H43N7O5/c1-56-44(55)49-38(32-10-4-2-5-11-32)42(53)50-24-8-14-36(50)40-45-26-34(47-40)30-20-16-28(17-21-30)29-18-22-31(23-19-29)35-27-46-41(48-35)37-15-9-25-51(37)43(54)39(52)33-12-6-3-7-13-33/h2-7,10-13,16-23,26-27,36-39,52H,8-9,14-15,24-25H2,1H3,(H,45,47)(H,46,48)(H,49,55)/t36-,37-,38+,39+/m0/s1. The predicted octanol–water partition coefficient (Wildman–Crippen LogP) is 7.29. The van der Waals surface area contributed by atoms with Crippen molar-refractivity contribution in [2.24, 2.45) is 0 Å². The first kappa shape index (κ1) is 36.4. The molecule has 6 aromatic rings. The lowest BCUT2D eigenvalue weighted by Gasteiger charge is -2.28. The third-order valence-corrected chi connectivity index (χ3v) is 10.8. The molecule has 56 heavy (non-hydrogen) atoms. The molecule has 2 aromatic heterocycles. The maximum atomic E-state index is 13.9. The van der Waals surface area contributed by atoms with Crippen LogP contribution in [0.5, 0.6) is 0 Å². The van der Waals surface area contributed by atoms with Gasteiger partial charge in [0.2, 0.25) is 0 Å². The number of nitrogens with one attached hydrogen (secondary N) is 3. The largest absolute Gasteiger partial charge is 0.453 e. The van der Waals surface area contributed by atoms with E-state index in [1.807, 2.05) is 60.7 Å². The topological polar surface area (TPSA) is 157 Å². The number of benzene rings is 4. The number of carbonyl (C=O) groups is 3. The second-order valence-corrected chi connectivity index (χ2v) is 14.2. The Morgan fingerprint density at radius 3 is 1.59 bits per heavy atom. The molecule has 2 aliphatic rings. The van der Waals surface area contributed by atoms with Gasteiger partial charge >= 0.3 is 6.09 Å². The Balaban J connectivity index is 0.925. The van der Waals surface area contributed by atoms with Crippen molar-refractivity contribution in [2.45, 2.75) is 49.9 Å². The number of nitrogens with zero attached hydrogens (tertiary/aromatic N) is 4. The van der Waals surface area contributed by atoms with Crippen LogP contribution in [-0.2, 0) is 14.3 Å². The van der Waals surface area contributed by atoms with E-state index < -0.39 is 18.2 Å². The summed E-state index contributed by atoms with van der Waals surface area (Å²) in [6.45, 7) is 1.13. The molecule has 8 rings (SSSR count).